The number of rotatable bonds is 6. The smallest absolute Gasteiger partial charge is 0.170 e. The fourth-order valence-corrected chi connectivity index (χ4v) is 9.58. The molecular formula is C43H44N6O3S2. The maximum absolute atomic E-state index is 11.9. The van der Waals surface area contributed by atoms with Crippen LogP contribution in [0.4, 0.5) is 0 Å². The normalized spacial score (nSPS) is 15.7. The SMILES string of the molecule is CC(=O)C[C@@H]1N=C(c2ccc(C)cc2)c2c(sc(C)c2C)-c2c(C)noc21.CC(=O)C[C@@H]1N=C(c2ccc(C)cc2)c2c(sc(C)c2C)-n2c(C)nnc21. The number of fused-ring (bicyclic) bond motifs is 6. The number of aryl methyl sites for hydroxylation is 6. The first-order valence-corrected chi connectivity index (χ1v) is 19.7. The van der Waals surface area contributed by atoms with Crippen molar-refractivity contribution in [3.05, 3.63) is 126 Å². The van der Waals surface area contributed by atoms with Crippen LogP contribution in [0.5, 0.6) is 0 Å². The van der Waals surface area contributed by atoms with E-state index in [-0.39, 0.29) is 23.7 Å². The van der Waals surface area contributed by atoms with Crippen molar-refractivity contribution in [3.63, 3.8) is 0 Å². The van der Waals surface area contributed by atoms with Crippen molar-refractivity contribution in [1.82, 2.24) is 19.9 Å². The standard InChI is InChI=1S/C22H22N2O2S.C21H22N4OS/c1-11-6-8-16(9-7-11)20-18-13(3)15(5)27-22(18)19-14(4)24-26-21(19)17(23-20)10-12(2)25;1-11-6-8-16(9-7-11)19-18-13(3)14(4)27-21(18)25-15(5)23-24-20(25)17(22-19)10-12(2)26/h2*6-9,17H,10H2,1-5H3/t2*17-/m00/s1. The van der Waals surface area contributed by atoms with Crippen LogP contribution < -0.4 is 0 Å². The average Bonchev–Trinajstić information content (AvgIpc) is 3.81. The van der Waals surface area contributed by atoms with E-state index in [1.807, 2.05) is 13.8 Å². The van der Waals surface area contributed by atoms with E-state index in [0.29, 0.717) is 18.6 Å². The molecule has 0 radical (unpaired) electrons. The summed E-state index contributed by atoms with van der Waals surface area (Å²) in [5.74, 6) is 2.45. The van der Waals surface area contributed by atoms with Gasteiger partial charge in [-0.15, -0.1) is 32.9 Å². The molecule has 2 aliphatic heterocycles. The highest BCUT2D eigenvalue weighted by Gasteiger charge is 2.34. The Morgan fingerprint density at radius 3 is 1.78 bits per heavy atom. The minimum atomic E-state index is -0.352. The van der Waals surface area contributed by atoms with Crippen molar-refractivity contribution in [1.29, 1.82) is 0 Å². The van der Waals surface area contributed by atoms with Crippen LogP contribution in [-0.4, -0.2) is 42.9 Å². The molecule has 0 unspecified atom stereocenters. The summed E-state index contributed by atoms with van der Waals surface area (Å²) in [6, 6.07) is 16.1. The Kier molecular flexibility index (Phi) is 10.1. The summed E-state index contributed by atoms with van der Waals surface area (Å²) in [4.78, 5) is 37.6. The molecule has 0 saturated carbocycles. The zero-order chi connectivity index (χ0) is 38.6. The number of aromatic nitrogens is 4. The van der Waals surface area contributed by atoms with Crippen molar-refractivity contribution >= 4 is 45.7 Å². The summed E-state index contributed by atoms with van der Waals surface area (Å²) in [7, 11) is 0. The Hall–Kier alpha value is -5.13. The van der Waals surface area contributed by atoms with Gasteiger partial charge in [0, 0.05) is 49.7 Å². The molecule has 0 fully saturated rings. The minimum Gasteiger partial charge on any atom is -0.358 e. The fourth-order valence-electron chi connectivity index (χ4n) is 7.11. The van der Waals surface area contributed by atoms with Crippen molar-refractivity contribution in [2.45, 2.75) is 94.2 Å². The number of aliphatic imine (C=N–C) groups is 2. The maximum atomic E-state index is 11.9. The van der Waals surface area contributed by atoms with Gasteiger partial charge in [-0.3, -0.25) is 24.1 Å². The van der Waals surface area contributed by atoms with Crippen LogP contribution in [-0.2, 0) is 9.59 Å². The van der Waals surface area contributed by atoms with E-state index in [1.54, 1.807) is 36.5 Å². The van der Waals surface area contributed by atoms with Crippen molar-refractivity contribution in [2.24, 2.45) is 9.98 Å². The number of benzene rings is 2. The number of thiophene rings is 2. The van der Waals surface area contributed by atoms with E-state index >= 15 is 0 Å². The molecule has 4 aromatic heterocycles. The van der Waals surface area contributed by atoms with E-state index < -0.39 is 0 Å². The Morgan fingerprint density at radius 2 is 1.19 bits per heavy atom. The zero-order valence-electron chi connectivity index (χ0n) is 32.4. The molecule has 2 aliphatic rings. The third-order valence-corrected chi connectivity index (χ3v) is 12.6. The van der Waals surface area contributed by atoms with Gasteiger partial charge in [-0.1, -0.05) is 64.8 Å². The highest BCUT2D eigenvalue weighted by Crippen LogP contribution is 2.46. The Labute approximate surface area is 323 Å². The van der Waals surface area contributed by atoms with Gasteiger partial charge >= 0.3 is 0 Å². The molecule has 2 aromatic carbocycles. The number of carbonyl (C=O) groups excluding carboxylic acids is 2. The Morgan fingerprint density at radius 1 is 0.667 bits per heavy atom. The molecule has 2 atom stereocenters. The van der Waals surface area contributed by atoms with Gasteiger partial charge < -0.3 is 4.52 Å². The first-order valence-electron chi connectivity index (χ1n) is 18.1. The molecule has 0 bridgehead atoms. The monoisotopic (exact) mass is 756 g/mol. The van der Waals surface area contributed by atoms with Gasteiger partial charge in [0.15, 0.2) is 11.6 Å². The molecule has 9 nitrogen and oxygen atoms in total. The van der Waals surface area contributed by atoms with Crippen LogP contribution in [0.1, 0.15) is 116 Å². The predicted octanol–water partition coefficient (Wildman–Crippen LogP) is 9.94. The molecule has 11 heteroatoms. The van der Waals surface area contributed by atoms with Gasteiger partial charge in [-0.05, 0) is 80.4 Å². The van der Waals surface area contributed by atoms with Gasteiger partial charge in [0.1, 0.15) is 34.5 Å². The Bertz CT molecular complexity index is 2320. The van der Waals surface area contributed by atoms with Crippen LogP contribution in [0, 0.1) is 55.4 Å². The molecule has 54 heavy (non-hydrogen) atoms. The number of hydrogen-bond donors (Lipinski definition) is 0. The second-order valence-electron chi connectivity index (χ2n) is 14.4. The van der Waals surface area contributed by atoms with Crippen LogP contribution >= 0.6 is 22.7 Å². The second kappa shape index (κ2) is 14.6. The lowest BCUT2D eigenvalue weighted by Gasteiger charge is -2.11. The molecule has 8 rings (SSSR count). The lowest BCUT2D eigenvalue weighted by atomic mass is 9.96. The number of nitrogens with zero attached hydrogens (tertiary/aromatic N) is 6. The molecule has 0 amide bonds. The first kappa shape index (κ1) is 37.2. The highest BCUT2D eigenvalue weighted by molar-refractivity contribution is 7.16. The molecule has 6 heterocycles. The topological polar surface area (TPSA) is 116 Å². The van der Waals surface area contributed by atoms with Gasteiger partial charge in [-0.25, -0.2) is 0 Å². The number of ketones is 2. The third-order valence-electron chi connectivity index (χ3n) is 10.2. The Balaban J connectivity index is 0.000000167. The summed E-state index contributed by atoms with van der Waals surface area (Å²) in [5, 5.41) is 14.0. The maximum Gasteiger partial charge on any atom is 0.170 e. The molecule has 6 aromatic rings. The van der Waals surface area contributed by atoms with E-state index in [4.69, 9.17) is 14.5 Å². The molecule has 0 saturated heterocycles. The number of Topliss-reactive ketones (excluding diaryl/α,β-unsaturated/α-hetero) is 2. The van der Waals surface area contributed by atoms with E-state index in [0.717, 1.165) is 66.5 Å². The lowest BCUT2D eigenvalue weighted by molar-refractivity contribution is -0.118. The average molecular weight is 757 g/mol. The number of carbonyl (C=O) groups is 2. The predicted molar refractivity (Wildman–Crippen MR) is 217 cm³/mol. The van der Waals surface area contributed by atoms with Crippen LogP contribution in [0.25, 0.3) is 15.4 Å². The summed E-state index contributed by atoms with van der Waals surface area (Å²) in [6.07, 6.45) is 0.629. The second-order valence-corrected chi connectivity index (χ2v) is 16.9. The summed E-state index contributed by atoms with van der Waals surface area (Å²) in [6.45, 7) is 19.8. The van der Waals surface area contributed by atoms with Gasteiger partial charge in [0.05, 0.1) is 22.7 Å². The summed E-state index contributed by atoms with van der Waals surface area (Å²) < 4.78 is 7.77. The van der Waals surface area contributed by atoms with E-state index in [1.165, 1.54) is 32.0 Å². The minimum absolute atomic E-state index is 0.0881. The molecule has 276 valence electrons. The lowest BCUT2D eigenvalue weighted by Crippen LogP contribution is -2.09. The molecule has 0 aliphatic carbocycles. The van der Waals surface area contributed by atoms with Crippen LogP contribution in [0.15, 0.2) is 63.0 Å². The summed E-state index contributed by atoms with van der Waals surface area (Å²) in [5.41, 5.74) is 13.0. The van der Waals surface area contributed by atoms with Gasteiger partial charge in [0.2, 0.25) is 0 Å². The number of hydrogen-bond acceptors (Lipinski definition) is 10. The molecule has 0 spiro atoms. The van der Waals surface area contributed by atoms with Crippen LogP contribution in [0.2, 0.25) is 0 Å². The molecular weight excluding hydrogens is 713 g/mol. The third kappa shape index (κ3) is 6.75. The van der Waals surface area contributed by atoms with Crippen molar-refractivity contribution < 1.29 is 14.1 Å². The fraction of sp³-hybridized carbons (Fsp3) is 0.326. The molecule has 0 N–H and O–H groups in total. The highest BCUT2D eigenvalue weighted by atomic mass is 32.1. The van der Waals surface area contributed by atoms with Crippen molar-refractivity contribution in [2.75, 3.05) is 0 Å². The van der Waals surface area contributed by atoms with E-state index in [9.17, 15) is 9.59 Å². The summed E-state index contributed by atoms with van der Waals surface area (Å²) >= 11 is 3.48. The van der Waals surface area contributed by atoms with Crippen molar-refractivity contribution in [3.8, 4) is 15.4 Å². The van der Waals surface area contributed by atoms with Gasteiger partial charge in [-0.2, -0.15) is 0 Å². The quantitative estimate of drug-likeness (QED) is 0.167. The van der Waals surface area contributed by atoms with Crippen LogP contribution in [0.3, 0.4) is 0 Å². The first-order chi connectivity index (χ1) is 25.7. The largest absolute Gasteiger partial charge is 0.358 e. The van der Waals surface area contributed by atoms with Gasteiger partial charge in [0.25, 0.3) is 0 Å². The van der Waals surface area contributed by atoms with E-state index in [2.05, 4.69) is 110 Å². The zero-order valence-corrected chi connectivity index (χ0v) is 34.0.